The maximum Gasteiger partial charge on any atom is 0.241 e. The van der Waals surface area contributed by atoms with E-state index in [4.69, 9.17) is 0 Å². The minimum Gasteiger partial charge on any atom is -0.285 e. The van der Waals surface area contributed by atoms with Gasteiger partial charge < -0.3 is 0 Å². The molecular formula is C13H17N3O2S. The number of sulfonamides is 1. The van der Waals surface area contributed by atoms with E-state index in [1.165, 1.54) is 0 Å². The zero-order chi connectivity index (χ0) is 14.0. The van der Waals surface area contributed by atoms with Gasteiger partial charge in [0, 0.05) is 17.8 Å². The average Bonchev–Trinajstić information content (AvgIpc) is 2.80. The molecule has 2 N–H and O–H groups in total. The lowest BCUT2D eigenvalue weighted by Gasteiger charge is -2.13. The minimum atomic E-state index is -3.52. The van der Waals surface area contributed by atoms with Crippen LogP contribution in [-0.2, 0) is 10.0 Å². The number of aromatic amines is 1. The summed E-state index contributed by atoms with van der Waals surface area (Å²) in [4.78, 5) is 0.292. The fourth-order valence-electron chi connectivity index (χ4n) is 1.95. The highest BCUT2D eigenvalue weighted by Crippen LogP contribution is 2.18. The van der Waals surface area contributed by atoms with Gasteiger partial charge in [-0.15, -0.1) is 0 Å². The Labute approximate surface area is 113 Å². The number of hydrogen-bond acceptors (Lipinski definition) is 3. The maximum atomic E-state index is 12.3. The van der Waals surface area contributed by atoms with Gasteiger partial charge in [-0.1, -0.05) is 6.07 Å². The molecule has 5 nitrogen and oxygen atoms in total. The third kappa shape index (κ3) is 3.21. The number of hydrogen-bond donors (Lipinski definition) is 2. The monoisotopic (exact) mass is 279 g/mol. The Morgan fingerprint density at radius 2 is 1.84 bits per heavy atom. The van der Waals surface area contributed by atoms with Crippen LogP contribution in [0, 0.1) is 13.8 Å². The first-order chi connectivity index (χ1) is 8.88. The van der Waals surface area contributed by atoms with E-state index in [0.717, 1.165) is 16.7 Å². The van der Waals surface area contributed by atoms with Gasteiger partial charge in [0.25, 0.3) is 0 Å². The highest BCUT2D eigenvalue weighted by Gasteiger charge is 2.19. The van der Waals surface area contributed by atoms with E-state index in [-0.39, 0.29) is 6.04 Å². The fourth-order valence-corrected chi connectivity index (χ4v) is 3.37. The summed E-state index contributed by atoms with van der Waals surface area (Å²) in [5, 5.41) is 6.48. The number of rotatable bonds is 4. The zero-order valence-corrected chi connectivity index (χ0v) is 12.0. The lowest BCUT2D eigenvalue weighted by atomic mass is 10.2. The molecular weight excluding hydrogens is 262 g/mol. The topological polar surface area (TPSA) is 74.8 Å². The molecule has 1 atom stereocenters. The number of aryl methyl sites for hydroxylation is 2. The standard InChI is InChI=1S/C13H17N3O2S/c1-9-4-10(2)6-13(5-9)19(17,18)16-11(3)12-7-14-15-8-12/h4-8,11,16H,1-3H3,(H,14,15). The first-order valence-corrected chi connectivity index (χ1v) is 7.46. The first kappa shape index (κ1) is 13.8. The van der Waals surface area contributed by atoms with Crippen LogP contribution in [0.3, 0.4) is 0 Å². The van der Waals surface area contributed by atoms with Crippen LogP contribution in [0.1, 0.15) is 29.7 Å². The largest absolute Gasteiger partial charge is 0.285 e. The average molecular weight is 279 g/mol. The molecule has 0 aliphatic carbocycles. The van der Waals surface area contributed by atoms with E-state index in [0.29, 0.717) is 4.90 Å². The molecule has 1 unspecified atom stereocenters. The fraction of sp³-hybridized carbons (Fsp3) is 0.308. The predicted octanol–water partition coefficient (Wildman–Crippen LogP) is 2.07. The van der Waals surface area contributed by atoms with E-state index >= 15 is 0 Å². The molecule has 0 bridgehead atoms. The van der Waals surface area contributed by atoms with Gasteiger partial charge in [0.1, 0.15) is 0 Å². The summed E-state index contributed by atoms with van der Waals surface area (Å²) >= 11 is 0. The Bertz CT molecular complexity index is 643. The number of aromatic nitrogens is 2. The van der Waals surface area contributed by atoms with Crippen molar-refractivity contribution in [1.82, 2.24) is 14.9 Å². The van der Waals surface area contributed by atoms with Gasteiger partial charge in [-0.2, -0.15) is 5.10 Å². The van der Waals surface area contributed by atoms with Crippen LogP contribution in [-0.4, -0.2) is 18.6 Å². The number of nitrogens with zero attached hydrogens (tertiary/aromatic N) is 1. The van der Waals surface area contributed by atoms with E-state index in [1.807, 2.05) is 19.9 Å². The summed E-state index contributed by atoms with van der Waals surface area (Å²) in [5.74, 6) is 0. The van der Waals surface area contributed by atoms with Crippen molar-refractivity contribution in [2.45, 2.75) is 31.7 Å². The second-order valence-corrected chi connectivity index (χ2v) is 6.41. The number of nitrogens with one attached hydrogen (secondary N) is 2. The molecule has 0 amide bonds. The van der Waals surface area contributed by atoms with Crippen molar-refractivity contribution in [3.8, 4) is 0 Å². The first-order valence-electron chi connectivity index (χ1n) is 5.98. The SMILES string of the molecule is Cc1cc(C)cc(S(=O)(=O)NC(C)c2cn[nH]c2)c1. The highest BCUT2D eigenvalue weighted by molar-refractivity contribution is 7.89. The van der Waals surface area contributed by atoms with Crippen molar-refractivity contribution in [2.24, 2.45) is 0 Å². The van der Waals surface area contributed by atoms with Gasteiger partial charge in [-0.3, -0.25) is 5.10 Å². The van der Waals surface area contributed by atoms with Crippen LogP contribution in [0.25, 0.3) is 0 Å². The third-order valence-corrected chi connectivity index (χ3v) is 4.38. The molecule has 0 saturated carbocycles. The van der Waals surface area contributed by atoms with Crippen LogP contribution in [0.2, 0.25) is 0 Å². The van der Waals surface area contributed by atoms with Gasteiger partial charge in [-0.05, 0) is 44.0 Å². The summed E-state index contributed by atoms with van der Waals surface area (Å²) in [6.07, 6.45) is 3.28. The van der Waals surface area contributed by atoms with Crippen LogP contribution >= 0.6 is 0 Å². The summed E-state index contributed by atoms with van der Waals surface area (Å²) in [6, 6.07) is 4.94. The molecule has 6 heteroatoms. The van der Waals surface area contributed by atoms with Crippen molar-refractivity contribution in [2.75, 3.05) is 0 Å². The molecule has 0 aliphatic rings. The smallest absolute Gasteiger partial charge is 0.241 e. The Balaban J connectivity index is 2.27. The molecule has 0 fully saturated rings. The molecule has 0 saturated heterocycles. The summed E-state index contributed by atoms with van der Waals surface area (Å²) in [6.45, 7) is 5.54. The van der Waals surface area contributed by atoms with Gasteiger partial charge in [0.15, 0.2) is 0 Å². The summed E-state index contributed by atoms with van der Waals surface area (Å²) in [5.41, 5.74) is 2.65. The molecule has 0 radical (unpaired) electrons. The van der Waals surface area contributed by atoms with Gasteiger partial charge >= 0.3 is 0 Å². The van der Waals surface area contributed by atoms with Crippen LogP contribution in [0.5, 0.6) is 0 Å². The Kier molecular flexibility index (Phi) is 3.73. The van der Waals surface area contributed by atoms with Gasteiger partial charge in [-0.25, -0.2) is 13.1 Å². The molecule has 19 heavy (non-hydrogen) atoms. The quantitative estimate of drug-likeness (QED) is 0.899. The zero-order valence-electron chi connectivity index (χ0n) is 11.1. The number of H-pyrrole nitrogens is 1. The normalized spacial score (nSPS) is 13.4. The summed E-state index contributed by atoms with van der Waals surface area (Å²) < 4.78 is 27.2. The molecule has 0 spiro atoms. The molecule has 2 aromatic rings. The third-order valence-electron chi connectivity index (χ3n) is 2.86. The second-order valence-electron chi connectivity index (χ2n) is 4.70. The lowest BCUT2D eigenvalue weighted by Crippen LogP contribution is -2.26. The minimum absolute atomic E-state index is 0.292. The Morgan fingerprint density at radius 3 is 2.37 bits per heavy atom. The van der Waals surface area contributed by atoms with Gasteiger partial charge in [0.05, 0.1) is 11.1 Å². The predicted molar refractivity (Wildman–Crippen MR) is 73.2 cm³/mol. The Morgan fingerprint density at radius 1 is 1.21 bits per heavy atom. The molecule has 1 aromatic carbocycles. The van der Waals surface area contributed by atoms with Crippen molar-refractivity contribution in [1.29, 1.82) is 0 Å². The van der Waals surface area contributed by atoms with Crippen molar-refractivity contribution in [3.63, 3.8) is 0 Å². The van der Waals surface area contributed by atoms with Crippen molar-refractivity contribution >= 4 is 10.0 Å². The lowest BCUT2D eigenvalue weighted by molar-refractivity contribution is 0.567. The molecule has 2 rings (SSSR count). The van der Waals surface area contributed by atoms with Gasteiger partial charge in [0.2, 0.25) is 10.0 Å². The Hall–Kier alpha value is -1.66. The van der Waals surface area contributed by atoms with Crippen molar-refractivity contribution < 1.29 is 8.42 Å². The van der Waals surface area contributed by atoms with E-state index < -0.39 is 10.0 Å². The van der Waals surface area contributed by atoms with Crippen LogP contribution < -0.4 is 4.72 Å². The maximum absolute atomic E-state index is 12.3. The van der Waals surface area contributed by atoms with E-state index in [9.17, 15) is 8.42 Å². The van der Waals surface area contributed by atoms with E-state index in [2.05, 4.69) is 14.9 Å². The molecule has 1 aromatic heterocycles. The molecule has 102 valence electrons. The van der Waals surface area contributed by atoms with Crippen LogP contribution in [0.15, 0.2) is 35.5 Å². The summed E-state index contributed by atoms with van der Waals surface area (Å²) in [7, 11) is -3.52. The molecule has 0 aliphatic heterocycles. The molecule has 1 heterocycles. The number of benzene rings is 1. The second kappa shape index (κ2) is 5.14. The highest BCUT2D eigenvalue weighted by atomic mass is 32.2. The van der Waals surface area contributed by atoms with E-state index in [1.54, 1.807) is 31.5 Å². The van der Waals surface area contributed by atoms with Crippen LogP contribution in [0.4, 0.5) is 0 Å². The van der Waals surface area contributed by atoms with Crippen molar-refractivity contribution in [3.05, 3.63) is 47.3 Å².